The summed E-state index contributed by atoms with van der Waals surface area (Å²) in [5, 5.41) is 0.571. The average Bonchev–Trinajstić information content (AvgIpc) is 3.23. The van der Waals surface area contributed by atoms with Gasteiger partial charge >= 0.3 is 5.76 Å². The molecule has 0 saturated carbocycles. The van der Waals surface area contributed by atoms with E-state index >= 15 is 0 Å². The lowest BCUT2D eigenvalue weighted by molar-refractivity contribution is -0.120. The van der Waals surface area contributed by atoms with Gasteiger partial charge in [0.05, 0.1) is 18.1 Å². The smallest absolute Gasteiger partial charge is 0.408 e. The molecule has 0 aliphatic carbocycles. The minimum atomic E-state index is -0.368. The molecule has 30 heavy (non-hydrogen) atoms. The molecule has 2 aromatic carbocycles. The summed E-state index contributed by atoms with van der Waals surface area (Å²) in [5.74, 6) is -0.256. The second-order valence-corrected chi connectivity index (χ2v) is 8.76. The van der Waals surface area contributed by atoms with Crippen molar-refractivity contribution in [2.45, 2.75) is 38.3 Å². The van der Waals surface area contributed by atoms with E-state index < -0.39 is 0 Å². The van der Waals surface area contributed by atoms with E-state index in [4.69, 9.17) is 16.0 Å². The zero-order valence-corrected chi connectivity index (χ0v) is 17.6. The van der Waals surface area contributed by atoms with E-state index in [1.54, 1.807) is 22.8 Å². The van der Waals surface area contributed by atoms with Gasteiger partial charge in [-0.3, -0.25) is 14.3 Å². The van der Waals surface area contributed by atoms with Gasteiger partial charge in [0.1, 0.15) is 0 Å². The average molecular weight is 426 g/mol. The maximum atomic E-state index is 13.2. The van der Waals surface area contributed by atoms with Crippen LogP contribution in [0.5, 0.6) is 0 Å². The third-order valence-electron chi connectivity index (χ3n) is 6.26. The topological polar surface area (TPSA) is 58.7 Å². The van der Waals surface area contributed by atoms with Gasteiger partial charge in [-0.25, -0.2) is 4.79 Å². The Balaban J connectivity index is 1.36. The van der Waals surface area contributed by atoms with Crippen molar-refractivity contribution in [3.63, 3.8) is 0 Å². The quantitative estimate of drug-likeness (QED) is 0.639. The lowest BCUT2D eigenvalue weighted by Gasteiger charge is -2.34. The highest BCUT2D eigenvalue weighted by atomic mass is 35.5. The van der Waals surface area contributed by atoms with Crippen LogP contribution in [0.1, 0.15) is 31.4 Å². The molecule has 156 valence electrons. The monoisotopic (exact) mass is 425 g/mol. The van der Waals surface area contributed by atoms with E-state index in [1.807, 2.05) is 23.1 Å². The highest BCUT2D eigenvalue weighted by molar-refractivity contribution is 6.31. The van der Waals surface area contributed by atoms with Crippen LogP contribution < -0.4 is 10.7 Å². The molecular weight excluding hydrogens is 402 g/mol. The van der Waals surface area contributed by atoms with Crippen LogP contribution in [0.15, 0.2) is 51.7 Å². The fraction of sp³-hybridized carbons (Fsp3) is 0.391. The Kier molecular flexibility index (Phi) is 4.91. The van der Waals surface area contributed by atoms with E-state index in [0.717, 1.165) is 31.5 Å². The van der Waals surface area contributed by atoms with Gasteiger partial charge in [0, 0.05) is 23.3 Å². The second-order valence-electron chi connectivity index (χ2n) is 8.33. The molecule has 2 aliphatic rings. The first-order valence-electron chi connectivity index (χ1n) is 10.4. The molecular formula is C23H24ClN3O3. The molecule has 0 radical (unpaired) electrons. The molecule has 1 saturated heterocycles. The molecule has 6 nitrogen and oxygen atoms in total. The van der Waals surface area contributed by atoms with Crippen LogP contribution in [-0.2, 0) is 11.2 Å². The molecule has 3 heterocycles. The summed E-state index contributed by atoms with van der Waals surface area (Å²) in [6.45, 7) is 3.92. The Labute approximate surface area is 179 Å². The van der Waals surface area contributed by atoms with Crippen molar-refractivity contribution in [2.75, 3.05) is 24.5 Å². The van der Waals surface area contributed by atoms with Crippen LogP contribution >= 0.6 is 11.6 Å². The second kappa shape index (κ2) is 7.60. The van der Waals surface area contributed by atoms with E-state index in [1.165, 1.54) is 5.56 Å². The van der Waals surface area contributed by atoms with Crippen molar-refractivity contribution in [3.05, 3.63) is 63.6 Å². The number of piperidine rings is 1. The lowest BCUT2D eigenvalue weighted by Crippen LogP contribution is -2.47. The summed E-state index contributed by atoms with van der Waals surface area (Å²) in [6.07, 6.45) is 2.68. The van der Waals surface area contributed by atoms with Crippen molar-refractivity contribution in [1.29, 1.82) is 0 Å². The number of halogens is 1. The number of carbonyl (C=O) groups excluding carboxylic acids is 1. The predicted molar refractivity (Wildman–Crippen MR) is 117 cm³/mol. The van der Waals surface area contributed by atoms with E-state index in [2.05, 4.69) is 17.9 Å². The fourth-order valence-electron chi connectivity index (χ4n) is 4.95. The number of nitrogens with zero attached hydrogens (tertiary/aromatic N) is 3. The number of anilines is 1. The number of benzene rings is 2. The Hall–Kier alpha value is -2.57. The number of carbonyl (C=O) groups is 1. The number of hydrogen-bond acceptors (Lipinski definition) is 4. The largest absolute Gasteiger partial charge is 0.420 e. The molecule has 2 atom stereocenters. The molecule has 1 fully saturated rings. The maximum absolute atomic E-state index is 13.2. The van der Waals surface area contributed by atoms with Crippen molar-refractivity contribution < 1.29 is 9.21 Å². The van der Waals surface area contributed by atoms with Crippen LogP contribution in [0.2, 0.25) is 5.02 Å². The molecule has 7 heteroatoms. The molecule has 0 N–H and O–H groups in total. The molecule has 3 aromatic rings. The Morgan fingerprint density at radius 1 is 1.23 bits per heavy atom. The van der Waals surface area contributed by atoms with E-state index in [0.29, 0.717) is 29.2 Å². The zero-order chi connectivity index (χ0) is 20.8. The normalized spacial score (nSPS) is 21.9. The van der Waals surface area contributed by atoms with Gasteiger partial charge in [0.25, 0.3) is 0 Å². The van der Waals surface area contributed by atoms with Gasteiger partial charge in [-0.05, 0) is 62.6 Å². The Morgan fingerprint density at radius 3 is 2.93 bits per heavy atom. The van der Waals surface area contributed by atoms with Crippen LogP contribution in [0.25, 0.3) is 11.1 Å². The zero-order valence-electron chi connectivity index (χ0n) is 16.9. The highest BCUT2D eigenvalue weighted by Gasteiger charge is 2.33. The molecule has 0 bridgehead atoms. The third kappa shape index (κ3) is 3.34. The Bertz CT molecular complexity index is 1170. The molecule has 0 unspecified atom stereocenters. The van der Waals surface area contributed by atoms with Crippen LogP contribution in [-0.4, -0.2) is 41.1 Å². The summed E-state index contributed by atoms with van der Waals surface area (Å²) in [5.41, 5.74) is 3.51. The molecule has 5 rings (SSSR count). The number of likely N-dealkylation sites (tertiary alicyclic amines) is 1. The van der Waals surface area contributed by atoms with Crippen molar-refractivity contribution in [2.24, 2.45) is 0 Å². The van der Waals surface area contributed by atoms with Gasteiger partial charge in [-0.2, -0.15) is 0 Å². The third-order valence-corrected chi connectivity index (χ3v) is 6.49. The van der Waals surface area contributed by atoms with Crippen LogP contribution in [0, 0.1) is 0 Å². The SMILES string of the molecule is C[C@H]1Cc2ccccc2N1C(=O)CN1CCC[C@@H](n2c(=O)oc3ccc(Cl)cc32)C1. The van der Waals surface area contributed by atoms with Gasteiger partial charge in [-0.15, -0.1) is 0 Å². The minimum absolute atomic E-state index is 0.0398. The molecule has 1 aromatic heterocycles. The minimum Gasteiger partial charge on any atom is -0.408 e. The number of amides is 1. The number of aromatic nitrogens is 1. The summed E-state index contributed by atoms with van der Waals surface area (Å²) in [6, 6.07) is 13.5. The van der Waals surface area contributed by atoms with Gasteiger partial charge in [-0.1, -0.05) is 29.8 Å². The number of rotatable bonds is 3. The van der Waals surface area contributed by atoms with Gasteiger partial charge in [0.2, 0.25) is 5.91 Å². The summed E-state index contributed by atoms with van der Waals surface area (Å²) in [4.78, 5) is 29.8. The molecule has 0 spiro atoms. The van der Waals surface area contributed by atoms with E-state index in [9.17, 15) is 9.59 Å². The predicted octanol–water partition coefficient (Wildman–Crippen LogP) is 3.86. The number of fused-ring (bicyclic) bond motifs is 2. The van der Waals surface area contributed by atoms with Crippen molar-refractivity contribution in [3.8, 4) is 0 Å². The maximum Gasteiger partial charge on any atom is 0.420 e. The van der Waals surface area contributed by atoms with Crippen LogP contribution in [0.3, 0.4) is 0 Å². The van der Waals surface area contributed by atoms with Crippen LogP contribution in [0.4, 0.5) is 5.69 Å². The lowest BCUT2D eigenvalue weighted by atomic mass is 10.1. The molecule has 1 amide bonds. The Morgan fingerprint density at radius 2 is 2.07 bits per heavy atom. The number of oxazole rings is 1. The summed E-state index contributed by atoms with van der Waals surface area (Å²) >= 11 is 6.15. The van der Waals surface area contributed by atoms with Gasteiger partial charge in [0.15, 0.2) is 5.58 Å². The standard InChI is InChI=1S/C23H24ClN3O3/c1-15-11-16-5-2-3-7-19(16)26(15)22(28)14-25-10-4-6-18(13-25)27-20-12-17(24)8-9-21(20)30-23(27)29/h2-3,5,7-9,12,15,18H,4,6,10-11,13-14H2,1H3/t15-,18+/m0/s1. The number of hydrogen-bond donors (Lipinski definition) is 0. The number of para-hydroxylation sites is 1. The van der Waals surface area contributed by atoms with Crippen molar-refractivity contribution in [1.82, 2.24) is 9.47 Å². The first-order valence-corrected chi connectivity index (χ1v) is 10.8. The first-order chi connectivity index (χ1) is 14.5. The fourth-order valence-corrected chi connectivity index (χ4v) is 5.12. The van der Waals surface area contributed by atoms with Crippen molar-refractivity contribution >= 4 is 34.3 Å². The highest BCUT2D eigenvalue weighted by Crippen LogP contribution is 2.32. The first kappa shape index (κ1) is 19.4. The van der Waals surface area contributed by atoms with E-state index in [-0.39, 0.29) is 23.7 Å². The summed E-state index contributed by atoms with van der Waals surface area (Å²) < 4.78 is 7.11. The van der Waals surface area contributed by atoms with Gasteiger partial charge < -0.3 is 9.32 Å². The molecule has 2 aliphatic heterocycles. The summed E-state index contributed by atoms with van der Waals surface area (Å²) in [7, 11) is 0.